The molecule has 0 amide bonds. The minimum atomic E-state index is -2.96. The molecule has 2 atom stereocenters. The number of aliphatic imine (C=N–C) groups is 1. The second kappa shape index (κ2) is 10.1. The highest BCUT2D eigenvalue weighted by molar-refractivity contribution is 7.90. The smallest absolute Gasteiger partial charge is 0.191 e. The Morgan fingerprint density at radius 1 is 1.33 bits per heavy atom. The molecule has 1 saturated heterocycles. The van der Waals surface area contributed by atoms with Crippen molar-refractivity contribution < 1.29 is 12.8 Å². The normalized spacial score (nSPS) is 18.4. The lowest BCUT2D eigenvalue weighted by molar-refractivity contribution is 0.219. The first-order chi connectivity index (χ1) is 12.8. The topological polar surface area (TPSA) is 86.9 Å². The number of guanidine groups is 1. The fraction of sp³-hybridized carbons (Fsp3) is 0.737. The van der Waals surface area contributed by atoms with Gasteiger partial charge in [-0.25, -0.2) is 8.42 Å². The Kier molecular flexibility index (Phi) is 8.16. The Labute approximate surface area is 163 Å². The summed E-state index contributed by atoms with van der Waals surface area (Å²) < 4.78 is 28.6. The van der Waals surface area contributed by atoms with Gasteiger partial charge < -0.3 is 15.1 Å². The Bertz CT molecular complexity index is 708. The zero-order chi connectivity index (χ0) is 19.9. The summed E-state index contributed by atoms with van der Waals surface area (Å²) in [7, 11) is -2.96. The molecule has 0 aromatic carbocycles. The Hall–Kier alpha value is -1.54. The van der Waals surface area contributed by atoms with Crippen LogP contribution in [-0.4, -0.2) is 63.5 Å². The van der Waals surface area contributed by atoms with Gasteiger partial charge in [0.1, 0.15) is 21.4 Å². The van der Waals surface area contributed by atoms with Crippen molar-refractivity contribution in [1.82, 2.24) is 15.5 Å². The van der Waals surface area contributed by atoms with Crippen molar-refractivity contribution in [1.29, 1.82) is 0 Å². The van der Waals surface area contributed by atoms with E-state index in [0.29, 0.717) is 18.9 Å². The molecule has 1 aliphatic heterocycles. The molecule has 2 rings (SSSR count). The van der Waals surface area contributed by atoms with E-state index < -0.39 is 9.84 Å². The fourth-order valence-electron chi connectivity index (χ4n) is 3.27. The number of hydrogen-bond acceptors (Lipinski definition) is 5. The van der Waals surface area contributed by atoms with Crippen molar-refractivity contribution >= 4 is 15.8 Å². The minimum Gasteiger partial charge on any atom is -0.465 e. The lowest BCUT2D eigenvalue weighted by Gasteiger charge is -2.25. The van der Waals surface area contributed by atoms with E-state index in [4.69, 9.17) is 9.41 Å². The lowest BCUT2D eigenvalue weighted by Crippen LogP contribution is -2.43. The highest BCUT2D eigenvalue weighted by atomic mass is 32.2. The Balaban J connectivity index is 2.04. The lowest BCUT2D eigenvalue weighted by atomic mass is 10.2. The van der Waals surface area contributed by atoms with E-state index in [1.807, 2.05) is 32.9 Å². The zero-order valence-electron chi connectivity index (χ0n) is 17.0. The average Bonchev–Trinajstić information content (AvgIpc) is 3.25. The summed E-state index contributed by atoms with van der Waals surface area (Å²) in [5.41, 5.74) is 0. The Morgan fingerprint density at radius 2 is 2.04 bits per heavy atom. The summed E-state index contributed by atoms with van der Waals surface area (Å²) in [5, 5.41) is 6.57. The van der Waals surface area contributed by atoms with E-state index in [0.717, 1.165) is 31.2 Å². The van der Waals surface area contributed by atoms with Crippen molar-refractivity contribution in [2.75, 3.05) is 38.2 Å². The van der Waals surface area contributed by atoms with E-state index in [2.05, 4.69) is 15.5 Å². The monoisotopic (exact) mass is 398 g/mol. The summed E-state index contributed by atoms with van der Waals surface area (Å²) in [6, 6.07) is 4.19. The SMILES string of the molecule is CCNC(=NCC(c1ccc(C)o1)N1CCCC1)NC(C)CCS(C)(=O)=O. The number of rotatable bonds is 9. The molecule has 7 nitrogen and oxygen atoms in total. The number of furan rings is 1. The number of hydrogen-bond donors (Lipinski definition) is 2. The quantitative estimate of drug-likeness (QED) is 0.489. The molecule has 0 aliphatic carbocycles. The maximum Gasteiger partial charge on any atom is 0.191 e. The third-order valence-electron chi connectivity index (χ3n) is 4.74. The molecule has 27 heavy (non-hydrogen) atoms. The molecule has 1 aliphatic rings. The van der Waals surface area contributed by atoms with E-state index >= 15 is 0 Å². The van der Waals surface area contributed by atoms with Gasteiger partial charge in [-0.2, -0.15) is 0 Å². The molecule has 0 radical (unpaired) electrons. The van der Waals surface area contributed by atoms with Crippen LogP contribution in [0.25, 0.3) is 0 Å². The summed E-state index contributed by atoms with van der Waals surface area (Å²) in [5.74, 6) is 2.76. The standard InChI is InChI=1S/C19H34N4O3S/c1-5-20-19(22-15(2)10-13-27(4,24)25)21-14-17(23-11-6-7-12-23)18-9-8-16(3)26-18/h8-9,15,17H,5-7,10-14H2,1-4H3,(H2,20,21,22). The van der Waals surface area contributed by atoms with Crippen molar-refractivity contribution in [2.24, 2.45) is 4.99 Å². The van der Waals surface area contributed by atoms with E-state index in [1.165, 1.54) is 19.1 Å². The summed E-state index contributed by atoms with van der Waals surface area (Å²) >= 11 is 0. The summed E-state index contributed by atoms with van der Waals surface area (Å²) in [6.07, 6.45) is 4.24. The second-order valence-corrected chi connectivity index (χ2v) is 9.65. The van der Waals surface area contributed by atoms with E-state index in [-0.39, 0.29) is 17.8 Å². The molecule has 1 aromatic heterocycles. The van der Waals surface area contributed by atoms with Gasteiger partial charge >= 0.3 is 0 Å². The van der Waals surface area contributed by atoms with Crippen LogP contribution in [0.1, 0.15) is 50.7 Å². The van der Waals surface area contributed by atoms with Crippen LogP contribution in [-0.2, 0) is 9.84 Å². The largest absolute Gasteiger partial charge is 0.465 e. The van der Waals surface area contributed by atoms with Crippen LogP contribution in [0.2, 0.25) is 0 Å². The van der Waals surface area contributed by atoms with Gasteiger partial charge in [0.15, 0.2) is 5.96 Å². The third-order valence-corrected chi connectivity index (χ3v) is 5.72. The predicted molar refractivity (Wildman–Crippen MR) is 110 cm³/mol. The highest BCUT2D eigenvalue weighted by Gasteiger charge is 2.26. The maximum atomic E-state index is 11.4. The minimum absolute atomic E-state index is 0.0219. The third kappa shape index (κ3) is 7.54. The first kappa shape index (κ1) is 21.8. The van der Waals surface area contributed by atoms with Gasteiger partial charge in [0.25, 0.3) is 0 Å². The molecule has 0 bridgehead atoms. The van der Waals surface area contributed by atoms with Crippen LogP contribution >= 0.6 is 0 Å². The van der Waals surface area contributed by atoms with Gasteiger partial charge in [0.2, 0.25) is 0 Å². The van der Waals surface area contributed by atoms with Crippen LogP contribution in [0.3, 0.4) is 0 Å². The molecule has 1 fully saturated rings. The van der Waals surface area contributed by atoms with Crippen molar-refractivity contribution in [3.63, 3.8) is 0 Å². The summed E-state index contributed by atoms with van der Waals surface area (Å²) in [4.78, 5) is 7.20. The van der Waals surface area contributed by atoms with Crippen LogP contribution < -0.4 is 10.6 Å². The fourth-order valence-corrected chi connectivity index (χ4v) is 4.05. The van der Waals surface area contributed by atoms with E-state index in [1.54, 1.807) is 0 Å². The number of nitrogens with one attached hydrogen (secondary N) is 2. The summed E-state index contributed by atoms with van der Waals surface area (Å²) in [6.45, 7) is 9.43. The molecule has 8 heteroatoms. The number of nitrogens with zero attached hydrogens (tertiary/aromatic N) is 2. The molecule has 2 unspecified atom stereocenters. The molecular formula is C19H34N4O3S. The van der Waals surface area contributed by atoms with Crippen LogP contribution in [0, 0.1) is 6.92 Å². The second-order valence-electron chi connectivity index (χ2n) is 7.39. The van der Waals surface area contributed by atoms with Gasteiger partial charge in [-0.05, 0) is 65.3 Å². The predicted octanol–water partition coefficient (Wildman–Crippen LogP) is 2.10. The molecule has 0 saturated carbocycles. The van der Waals surface area contributed by atoms with Crippen LogP contribution in [0.4, 0.5) is 0 Å². The Morgan fingerprint density at radius 3 is 2.59 bits per heavy atom. The average molecular weight is 399 g/mol. The van der Waals surface area contributed by atoms with E-state index in [9.17, 15) is 8.42 Å². The molecule has 1 aromatic rings. The number of likely N-dealkylation sites (tertiary alicyclic amines) is 1. The van der Waals surface area contributed by atoms with Gasteiger partial charge in [0, 0.05) is 18.8 Å². The van der Waals surface area contributed by atoms with Crippen molar-refractivity contribution in [3.8, 4) is 0 Å². The zero-order valence-corrected chi connectivity index (χ0v) is 17.8. The number of aryl methyl sites for hydroxylation is 1. The van der Waals surface area contributed by atoms with Crippen molar-refractivity contribution in [3.05, 3.63) is 23.7 Å². The first-order valence-electron chi connectivity index (χ1n) is 9.81. The van der Waals surface area contributed by atoms with Gasteiger partial charge in [-0.3, -0.25) is 9.89 Å². The molecule has 2 N–H and O–H groups in total. The van der Waals surface area contributed by atoms with Gasteiger partial charge in [0.05, 0.1) is 18.3 Å². The molecular weight excluding hydrogens is 364 g/mol. The number of sulfone groups is 1. The molecule has 154 valence electrons. The van der Waals surface area contributed by atoms with Crippen LogP contribution in [0.15, 0.2) is 21.5 Å². The van der Waals surface area contributed by atoms with Gasteiger partial charge in [-0.15, -0.1) is 0 Å². The molecule has 2 heterocycles. The maximum absolute atomic E-state index is 11.4. The highest BCUT2D eigenvalue weighted by Crippen LogP contribution is 2.26. The van der Waals surface area contributed by atoms with Gasteiger partial charge in [-0.1, -0.05) is 0 Å². The van der Waals surface area contributed by atoms with Crippen LogP contribution in [0.5, 0.6) is 0 Å². The van der Waals surface area contributed by atoms with Crippen molar-refractivity contribution in [2.45, 2.75) is 52.1 Å². The first-order valence-corrected chi connectivity index (χ1v) is 11.9. The molecule has 0 spiro atoms.